The van der Waals surface area contributed by atoms with Crippen LogP contribution in [0.3, 0.4) is 0 Å². The van der Waals surface area contributed by atoms with E-state index in [1.54, 1.807) is 24.5 Å². The SMILES string of the molecule is CCOc1cnc(CCc2ccc3c(F)c(CCc4ccc(F)cc4)ccc3c2)nc1. The first-order valence-electron chi connectivity index (χ1n) is 10.5. The summed E-state index contributed by atoms with van der Waals surface area (Å²) in [7, 11) is 0. The molecule has 31 heavy (non-hydrogen) atoms. The van der Waals surface area contributed by atoms with Gasteiger partial charge in [0, 0.05) is 11.8 Å². The molecule has 3 aromatic carbocycles. The lowest BCUT2D eigenvalue weighted by atomic mass is 9.98. The van der Waals surface area contributed by atoms with Crippen LogP contribution >= 0.6 is 0 Å². The minimum Gasteiger partial charge on any atom is -0.491 e. The van der Waals surface area contributed by atoms with E-state index < -0.39 is 0 Å². The minimum atomic E-state index is -0.259. The Morgan fingerprint density at radius 2 is 1.48 bits per heavy atom. The molecule has 4 rings (SSSR count). The van der Waals surface area contributed by atoms with Crippen molar-refractivity contribution in [2.24, 2.45) is 0 Å². The van der Waals surface area contributed by atoms with Crippen LogP contribution in [0.4, 0.5) is 8.78 Å². The highest BCUT2D eigenvalue weighted by atomic mass is 19.1. The van der Waals surface area contributed by atoms with Crippen molar-refractivity contribution in [1.82, 2.24) is 9.97 Å². The van der Waals surface area contributed by atoms with E-state index in [0.717, 1.165) is 28.8 Å². The van der Waals surface area contributed by atoms with Crippen LogP contribution in [0.2, 0.25) is 0 Å². The zero-order valence-electron chi connectivity index (χ0n) is 17.4. The molecule has 0 fully saturated rings. The Kier molecular flexibility index (Phi) is 6.51. The van der Waals surface area contributed by atoms with Crippen molar-refractivity contribution in [3.63, 3.8) is 0 Å². The number of rotatable bonds is 8. The van der Waals surface area contributed by atoms with Crippen molar-refractivity contribution < 1.29 is 13.5 Å². The molecule has 158 valence electrons. The van der Waals surface area contributed by atoms with Gasteiger partial charge in [-0.1, -0.05) is 42.5 Å². The van der Waals surface area contributed by atoms with E-state index in [4.69, 9.17) is 4.74 Å². The highest BCUT2D eigenvalue weighted by molar-refractivity contribution is 5.84. The Balaban J connectivity index is 1.43. The summed E-state index contributed by atoms with van der Waals surface area (Å²) in [6.45, 7) is 2.51. The van der Waals surface area contributed by atoms with Gasteiger partial charge >= 0.3 is 0 Å². The van der Waals surface area contributed by atoms with Gasteiger partial charge < -0.3 is 4.74 Å². The number of ether oxygens (including phenoxy) is 1. The lowest BCUT2D eigenvalue weighted by molar-refractivity contribution is 0.337. The van der Waals surface area contributed by atoms with Gasteiger partial charge in [-0.05, 0) is 60.4 Å². The number of hydrogen-bond acceptors (Lipinski definition) is 3. The fourth-order valence-electron chi connectivity index (χ4n) is 3.63. The molecular formula is C26H24F2N2O. The normalized spacial score (nSPS) is 11.1. The Morgan fingerprint density at radius 1 is 0.774 bits per heavy atom. The van der Waals surface area contributed by atoms with E-state index in [1.165, 1.54) is 12.1 Å². The maximum absolute atomic E-state index is 15.0. The van der Waals surface area contributed by atoms with Crippen LogP contribution in [-0.2, 0) is 25.7 Å². The number of aryl methyl sites for hydroxylation is 4. The summed E-state index contributed by atoms with van der Waals surface area (Å²) in [6, 6.07) is 16.0. The lowest BCUT2D eigenvalue weighted by Gasteiger charge is -2.09. The standard InChI is InChI=1S/C26H24F2N2O/c1-2-31-23-16-29-25(30-17-23)14-7-19-6-13-24-21(15-19)10-9-20(26(24)28)8-3-18-4-11-22(27)12-5-18/h4-6,9-13,15-17H,2-3,7-8,14H2,1H3. The average molecular weight is 418 g/mol. The topological polar surface area (TPSA) is 35.0 Å². The lowest BCUT2D eigenvalue weighted by Crippen LogP contribution is -2.00. The summed E-state index contributed by atoms with van der Waals surface area (Å²) in [5.74, 6) is 0.986. The van der Waals surface area contributed by atoms with Gasteiger partial charge in [0.25, 0.3) is 0 Å². The van der Waals surface area contributed by atoms with Gasteiger partial charge in [-0.3, -0.25) is 0 Å². The summed E-state index contributed by atoms with van der Waals surface area (Å²) in [6.07, 6.45) is 6.10. The first-order valence-corrected chi connectivity index (χ1v) is 10.5. The molecule has 0 bridgehead atoms. The average Bonchev–Trinajstić information content (AvgIpc) is 2.79. The molecule has 0 radical (unpaired) electrons. The van der Waals surface area contributed by atoms with E-state index in [0.29, 0.717) is 42.6 Å². The number of fused-ring (bicyclic) bond motifs is 1. The molecule has 0 saturated heterocycles. The third-order valence-electron chi connectivity index (χ3n) is 5.32. The van der Waals surface area contributed by atoms with E-state index >= 15 is 4.39 Å². The fraction of sp³-hybridized carbons (Fsp3) is 0.231. The van der Waals surface area contributed by atoms with E-state index in [1.807, 2.05) is 37.3 Å². The predicted octanol–water partition coefficient (Wildman–Crippen LogP) is 5.88. The maximum atomic E-state index is 15.0. The van der Waals surface area contributed by atoms with Gasteiger partial charge in [-0.15, -0.1) is 0 Å². The van der Waals surface area contributed by atoms with Crippen molar-refractivity contribution in [1.29, 1.82) is 0 Å². The van der Waals surface area contributed by atoms with E-state index in [2.05, 4.69) is 9.97 Å². The van der Waals surface area contributed by atoms with Crippen LogP contribution in [0.15, 0.2) is 67.0 Å². The molecule has 1 aromatic heterocycles. The van der Waals surface area contributed by atoms with Crippen LogP contribution in [-0.4, -0.2) is 16.6 Å². The monoisotopic (exact) mass is 418 g/mol. The highest BCUT2D eigenvalue weighted by Crippen LogP contribution is 2.24. The maximum Gasteiger partial charge on any atom is 0.155 e. The molecular weight excluding hydrogens is 394 g/mol. The molecule has 0 unspecified atom stereocenters. The van der Waals surface area contributed by atoms with E-state index in [-0.39, 0.29) is 11.6 Å². The quantitative estimate of drug-likeness (QED) is 0.359. The molecule has 5 heteroatoms. The van der Waals surface area contributed by atoms with Crippen LogP contribution in [0.1, 0.15) is 29.4 Å². The van der Waals surface area contributed by atoms with Gasteiger partial charge in [-0.25, -0.2) is 18.7 Å². The molecule has 1 heterocycles. The number of nitrogens with zero attached hydrogens (tertiary/aromatic N) is 2. The highest BCUT2D eigenvalue weighted by Gasteiger charge is 2.09. The molecule has 3 nitrogen and oxygen atoms in total. The van der Waals surface area contributed by atoms with Crippen LogP contribution < -0.4 is 4.74 Å². The Bertz CT molecular complexity index is 1160. The second-order valence-electron chi connectivity index (χ2n) is 7.49. The van der Waals surface area contributed by atoms with Crippen molar-refractivity contribution in [2.75, 3.05) is 6.61 Å². The third-order valence-corrected chi connectivity index (χ3v) is 5.32. The van der Waals surface area contributed by atoms with Crippen molar-refractivity contribution in [3.8, 4) is 5.75 Å². The van der Waals surface area contributed by atoms with Gasteiger partial charge in [0.05, 0.1) is 19.0 Å². The number of aromatic nitrogens is 2. The molecule has 0 aliphatic carbocycles. The smallest absolute Gasteiger partial charge is 0.155 e. The zero-order valence-corrected chi connectivity index (χ0v) is 17.4. The van der Waals surface area contributed by atoms with Gasteiger partial charge in [0.1, 0.15) is 17.5 Å². The first-order chi connectivity index (χ1) is 15.1. The summed E-state index contributed by atoms with van der Waals surface area (Å²) in [4.78, 5) is 8.67. The molecule has 0 aliphatic heterocycles. The van der Waals surface area contributed by atoms with Gasteiger partial charge in [-0.2, -0.15) is 0 Å². The van der Waals surface area contributed by atoms with Crippen LogP contribution in [0.25, 0.3) is 10.8 Å². The molecule has 0 saturated carbocycles. The van der Waals surface area contributed by atoms with Gasteiger partial charge in [0.15, 0.2) is 5.75 Å². The largest absolute Gasteiger partial charge is 0.491 e. The number of benzene rings is 3. The minimum absolute atomic E-state index is 0.180. The van der Waals surface area contributed by atoms with Crippen molar-refractivity contribution in [2.45, 2.75) is 32.6 Å². The summed E-state index contributed by atoms with van der Waals surface area (Å²) in [5.41, 5.74) is 2.78. The molecule has 4 aromatic rings. The summed E-state index contributed by atoms with van der Waals surface area (Å²) in [5, 5.41) is 1.51. The second-order valence-corrected chi connectivity index (χ2v) is 7.49. The first kappa shape index (κ1) is 20.9. The Hall–Kier alpha value is -3.34. The van der Waals surface area contributed by atoms with Crippen LogP contribution in [0.5, 0.6) is 5.75 Å². The zero-order chi connectivity index (χ0) is 21.6. The summed E-state index contributed by atoms with van der Waals surface area (Å²) < 4.78 is 33.4. The van der Waals surface area contributed by atoms with Crippen molar-refractivity contribution >= 4 is 10.8 Å². The second kappa shape index (κ2) is 9.65. The van der Waals surface area contributed by atoms with E-state index in [9.17, 15) is 4.39 Å². The molecule has 0 N–H and O–H groups in total. The fourth-order valence-corrected chi connectivity index (χ4v) is 3.63. The molecule has 0 aliphatic rings. The third kappa shape index (κ3) is 5.23. The summed E-state index contributed by atoms with van der Waals surface area (Å²) >= 11 is 0. The molecule has 0 atom stereocenters. The van der Waals surface area contributed by atoms with Gasteiger partial charge in [0.2, 0.25) is 0 Å². The number of halogens is 2. The van der Waals surface area contributed by atoms with Crippen LogP contribution in [0, 0.1) is 11.6 Å². The number of hydrogen-bond donors (Lipinski definition) is 0. The predicted molar refractivity (Wildman–Crippen MR) is 118 cm³/mol. The molecule has 0 spiro atoms. The Morgan fingerprint density at radius 3 is 2.23 bits per heavy atom. The Labute approximate surface area is 180 Å². The van der Waals surface area contributed by atoms with Crippen molar-refractivity contribution in [3.05, 3.63) is 101 Å². The molecule has 0 amide bonds.